The quantitative estimate of drug-likeness (QED) is 0.743. The lowest BCUT2D eigenvalue weighted by molar-refractivity contribution is 0.122. The third kappa shape index (κ3) is 5.03. The molecule has 1 aromatic heterocycles. The highest BCUT2D eigenvalue weighted by Gasteiger charge is 2.22. The van der Waals surface area contributed by atoms with E-state index in [4.69, 9.17) is 26.9 Å². The van der Waals surface area contributed by atoms with E-state index in [-0.39, 0.29) is 0 Å². The highest BCUT2D eigenvalue weighted by molar-refractivity contribution is 7.80. The molecule has 0 spiro atoms. The number of hydrogen-bond acceptors (Lipinski definition) is 6. The standard InChI is InChI=1S/C20H32N6OS/c1-15-5-4-8-26(14-15)18-13-17(25-9-11-27-12-10-25)22-19(23-18)24-20(28)21-16-6-2-3-7-16/h13,15-16H,2-12,14H2,1H3,(H2,21,22,23,24,28). The minimum atomic E-state index is 0.477. The minimum Gasteiger partial charge on any atom is -0.378 e. The van der Waals surface area contributed by atoms with Crippen LogP contribution in [0.5, 0.6) is 0 Å². The predicted molar refractivity (Wildman–Crippen MR) is 117 cm³/mol. The maximum absolute atomic E-state index is 5.54. The molecule has 7 nitrogen and oxygen atoms in total. The summed E-state index contributed by atoms with van der Waals surface area (Å²) in [7, 11) is 0. The van der Waals surface area contributed by atoms with Crippen LogP contribution in [0.4, 0.5) is 17.6 Å². The van der Waals surface area contributed by atoms with Gasteiger partial charge in [0.25, 0.3) is 0 Å². The van der Waals surface area contributed by atoms with Crippen LogP contribution >= 0.6 is 12.2 Å². The van der Waals surface area contributed by atoms with Crippen molar-refractivity contribution in [2.75, 3.05) is 54.5 Å². The summed E-state index contributed by atoms with van der Waals surface area (Å²) in [5, 5.41) is 7.31. The van der Waals surface area contributed by atoms with Crippen LogP contribution in [-0.2, 0) is 4.74 Å². The number of anilines is 3. The summed E-state index contributed by atoms with van der Waals surface area (Å²) in [6, 6.07) is 2.60. The van der Waals surface area contributed by atoms with Crippen molar-refractivity contribution < 1.29 is 4.74 Å². The number of hydrogen-bond donors (Lipinski definition) is 2. The molecule has 28 heavy (non-hydrogen) atoms. The van der Waals surface area contributed by atoms with Gasteiger partial charge in [0.2, 0.25) is 5.95 Å². The summed E-state index contributed by atoms with van der Waals surface area (Å²) in [5.41, 5.74) is 0. The summed E-state index contributed by atoms with van der Waals surface area (Å²) >= 11 is 5.54. The molecular formula is C20H32N6OS. The highest BCUT2D eigenvalue weighted by atomic mass is 32.1. The first-order valence-corrected chi connectivity index (χ1v) is 11.1. The van der Waals surface area contributed by atoms with E-state index in [0.29, 0.717) is 23.0 Å². The van der Waals surface area contributed by atoms with Gasteiger partial charge in [-0.25, -0.2) is 0 Å². The van der Waals surface area contributed by atoms with Crippen LogP contribution in [0.25, 0.3) is 0 Å². The molecule has 1 unspecified atom stereocenters. The van der Waals surface area contributed by atoms with Gasteiger partial charge in [-0.15, -0.1) is 0 Å². The fraction of sp³-hybridized carbons (Fsp3) is 0.750. The van der Waals surface area contributed by atoms with Gasteiger partial charge in [0.05, 0.1) is 13.2 Å². The number of aromatic nitrogens is 2. The van der Waals surface area contributed by atoms with E-state index in [0.717, 1.165) is 51.0 Å². The molecule has 8 heteroatoms. The molecule has 0 bridgehead atoms. The van der Waals surface area contributed by atoms with Crippen molar-refractivity contribution in [3.8, 4) is 0 Å². The maximum atomic E-state index is 5.54. The second kappa shape index (κ2) is 9.22. The van der Waals surface area contributed by atoms with E-state index in [2.05, 4.69) is 33.4 Å². The second-order valence-corrected chi connectivity index (χ2v) is 8.69. The van der Waals surface area contributed by atoms with Crippen LogP contribution < -0.4 is 20.4 Å². The monoisotopic (exact) mass is 404 g/mol. The zero-order valence-electron chi connectivity index (χ0n) is 16.8. The molecule has 154 valence electrons. The number of rotatable bonds is 4. The first-order valence-electron chi connectivity index (χ1n) is 10.7. The Morgan fingerprint density at radius 3 is 2.46 bits per heavy atom. The molecule has 2 saturated heterocycles. The van der Waals surface area contributed by atoms with Crippen molar-refractivity contribution in [3.63, 3.8) is 0 Å². The Labute approximate surface area is 173 Å². The molecule has 0 aromatic carbocycles. The third-order valence-electron chi connectivity index (χ3n) is 5.93. The van der Waals surface area contributed by atoms with Gasteiger partial charge in [-0.3, -0.25) is 0 Å². The van der Waals surface area contributed by atoms with Gasteiger partial charge in [0.15, 0.2) is 5.11 Å². The van der Waals surface area contributed by atoms with Gasteiger partial charge in [-0.1, -0.05) is 19.8 Å². The van der Waals surface area contributed by atoms with Crippen LogP contribution in [0.15, 0.2) is 6.07 Å². The molecule has 2 N–H and O–H groups in total. The van der Waals surface area contributed by atoms with Crippen LogP contribution in [-0.4, -0.2) is 60.5 Å². The topological polar surface area (TPSA) is 65.6 Å². The Hall–Kier alpha value is -1.67. The van der Waals surface area contributed by atoms with Crippen LogP contribution in [0.3, 0.4) is 0 Å². The first-order chi connectivity index (χ1) is 13.7. The molecule has 1 saturated carbocycles. The number of ether oxygens (including phenoxy) is 1. The van der Waals surface area contributed by atoms with Crippen LogP contribution in [0.2, 0.25) is 0 Å². The number of thiocarbonyl (C=S) groups is 1. The predicted octanol–water partition coefficient (Wildman–Crippen LogP) is 2.78. The molecular weight excluding hydrogens is 372 g/mol. The van der Waals surface area contributed by atoms with E-state index in [1.54, 1.807) is 0 Å². The molecule has 1 aliphatic carbocycles. The van der Waals surface area contributed by atoms with Crippen molar-refractivity contribution in [1.82, 2.24) is 15.3 Å². The molecule has 3 fully saturated rings. The van der Waals surface area contributed by atoms with Crippen molar-refractivity contribution in [1.29, 1.82) is 0 Å². The fourth-order valence-corrected chi connectivity index (χ4v) is 4.64. The third-order valence-corrected chi connectivity index (χ3v) is 6.15. The highest BCUT2D eigenvalue weighted by Crippen LogP contribution is 2.26. The number of nitrogens with one attached hydrogen (secondary N) is 2. The largest absolute Gasteiger partial charge is 0.378 e. The molecule has 1 aromatic rings. The first kappa shape index (κ1) is 19.6. The zero-order valence-corrected chi connectivity index (χ0v) is 17.6. The lowest BCUT2D eigenvalue weighted by Crippen LogP contribution is -2.39. The fourth-order valence-electron chi connectivity index (χ4n) is 4.39. The second-order valence-electron chi connectivity index (χ2n) is 8.28. The van der Waals surface area contributed by atoms with E-state index in [9.17, 15) is 0 Å². The molecule has 3 aliphatic rings. The Kier molecular flexibility index (Phi) is 6.47. The smallest absolute Gasteiger partial charge is 0.232 e. The normalized spacial score (nSPS) is 23.7. The summed E-state index contributed by atoms with van der Waals surface area (Å²) in [6.07, 6.45) is 7.43. The van der Waals surface area contributed by atoms with E-state index >= 15 is 0 Å². The number of morpholine rings is 1. The Balaban J connectivity index is 1.53. The number of piperidine rings is 1. The van der Waals surface area contributed by atoms with Gasteiger partial charge in [-0.05, 0) is 43.8 Å². The average Bonchev–Trinajstić information content (AvgIpc) is 3.21. The van der Waals surface area contributed by atoms with E-state index in [1.807, 2.05) is 0 Å². The Morgan fingerprint density at radius 2 is 1.75 bits per heavy atom. The lowest BCUT2D eigenvalue weighted by atomic mass is 10.0. The molecule has 0 amide bonds. The van der Waals surface area contributed by atoms with Gasteiger partial charge in [-0.2, -0.15) is 9.97 Å². The van der Waals surface area contributed by atoms with Gasteiger partial charge in [0.1, 0.15) is 11.6 Å². The SMILES string of the molecule is CC1CCCN(c2cc(N3CCOCC3)nc(NC(=S)NC3CCCC3)n2)C1. The van der Waals surface area contributed by atoms with Gasteiger partial charge in [0, 0.05) is 38.3 Å². The van der Waals surface area contributed by atoms with Gasteiger partial charge < -0.3 is 25.2 Å². The molecule has 4 rings (SSSR count). The molecule has 1 atom stereocenters. The Bertz CT molecular complexity index is 675. The summed E-state index contributed by atoms with van der Waals surface area (Å²) in [6.45, 7) is 7.61. The van der Waals surface area contributed by atoms with Crippen molar-refractivity contribution in [2.24, 2.45) is 5.92 Å². The van der Waals surface area contributed by atoms with Crippen molar-refractivity contribution in [2.45, 2.75) is 51.5 Å². The summed E-state index contributed by atoms with van der Waals surface area (Å²) in [4.78, 5) is 14.3. The molecule has 0 radical (unpaired) electrons. The Morgan fingerprint density at radius 1 is 1.04 bits per heavy atom. The minimum absolute atomic E-state index is 0.477. The number of nitrogens with zero attached hydrogens (tertiary/aromatic N) is 4. The molecule has 3 heterocycles. The average molecular weight is 405 g/mol. The van der Waals surface area contributed by atoms with E-state index in [1.165, 1.54) is 38.5 Å². The molecule has 2 aliphatic heterocycles. The lowest BCUT2D eigenvalue weighted by Gasteiger charge is -2.33. The summed E-state index contributed by atoms with van der Waals surface area (Å²) in [5.74, 6) is 3.23. The van der Waals surface area contributed by atoms with E-state index < -0.39 is 0 Å². The van der Waals surface area contributed by atoms with Crippen molar-refractivity contribution in [3.05, 3.63) is 6.07 Å². The summed E-state index contributed by atoms with van der Waals surface area (Å²) < 4.78 is 5.51. The zero-order chi connectivity index (χ0) is 19.3. The van der Waals surface area contributed by atoms with Crippen LogP contribution in [0, 0.1) is 5.92 Å². The maximum Gasteiger partial charge on any atom is 0.232 e. The van der Waals surface area contributed by atoms with Crippen LogP contribution in [0.1, 0.15) is 45.4 Å². The van der Waals surface area contributed by atoms with Gasteiger partial charge >= 0.3 is 0 Å². The van der Waals surface area contributed by atoms with Crippen molar-refractivity contribution >= 4 is 34.9 Å².